The normalized spacial score (nSPS) is 14.7. The zero-order chi connectivity index (χ0) is 26.7. The number of unbranched alkanes of at least 4 members (excludes halogenated alkanes) is 1. The van der Waals surface area contributed by atoms with Gasteiger partial charge in [0.05, 0.1) is 19.6 Å². The summed E-state index contributed by atoms with van der Waals surface area (Å²) in [6.45, 7) is 3.37. The highest BCUT2D eigenvalue weighted by molar-refractivity contribution is 7.15. The van der Waals surface area contributed by atoms with Crippen LogP contribution in [-0.4, -0.2) is 77.1 Å². The number of carbonyl (C=O) groups excluding carboxylic acids is 2. The number of anilines is 2. The van der Waals surface area contributed by atoms with E-state index in [9.17, 15) is 9.59 Å². The summed E-state index contributed by atoms with van der Waals surface area (Å²) < 4.78 is 11.0. The number of aromatic nitrogens is 4. The molecule has 14 heteroatoms. The van der Waals surface area contributed by atoms with Crippen LogP contribution in [0.5, 0.6) is 0 Å². The van der Waals surface area contributed by atoms with Crippen LogP contribution < -0.4 is 10.6 Å². The van der Waals surface area contributed by atoms with Crippen LogP contribution in [0.15, 0.2) is 24.3 Å². The maximum atomic E-state index is 13.2. The van der Waals surface area contributed by atoms with E-state index in [1.54, 1.807) is 35.6 Å². The van der Waals surface area contributed by atoms with Gasteiger partial charge in [-0.2, -0.15) is 0 Å². The van der Waals surface area contributed by atoms with Gasteiger partial charge in [-0.25, -0.2) is 0 Å². The standard InChI is InChI=1S/C24H30ClN7O4S2/c1-26-23-30-28-18(37-23)7-2-3-8-19-29-31-24(38-19)27-22(34)21(16-5-4-6-17(25)15-16)36-20(33)9-10-32-11-13-35-14-12-32/h4-6,15,21H,2-3,7-14H2,1H3,(H,26,30)(H,27,31,34). The van der Waals surface area contributed by atoms with E-state index in [0.717, 1.165) is 53.9 Å². The number of benzene rings is 1. The van der Waals surface area contributed by atoms with E-state index in [1.165, 1.54) is 11.3 Å². The number of amides is 1. The molecule has 3 aromatic rings. The molecule has 2 aromatic heterocycles. The van der Waals surface area contributed by atoms with Gasteiger partial charge in [0.1, 0.15) is 10.0 Å². The molecule has 0 spiro atoms. The van der Waals surface area contributed by atoms with Crippen LogP contribution in [0.4, 0.5) is 10.3 Å². The van der Waals surface area contributed by atoms with Gasteiger partial charge < -0.3 is 14.8 Å². The van der Waals surface area contributed by atoms with Crippen LogP contribution in [0.3, 0.4) is 0 Å². The molecular formula is C24H30ClN7O4S2. The first-order chi connectivity index (χ1) is 18.5. The number of hydrogen-bond donors (Lipinski definition) is 2. The van der Waals surface area contributed by atoms with Gasteiger partial charge >= 0.3 is 5.97 Å². The molecule has 2 N–H and O–H groups in total. The van der Waals surface area contributed by atoms with Crippen molar-refractivity contribution >= 4 is 56.4 Å². The maximum absolute atomic E-state index is 13.2. The average Bonchev–Trinajstić information content (AvgIpc) is 3.58. The average molecular weight is 580 g/mol. The number of hydrogen-bond acceptors (Lipinski definition) is 12. The Bertz CT molecular complexity index is 1200. The summed E-state index contributed by atoms with van der Waals surface area (Å²) in [6.07, 6.45) is 2.44. The molecule has 11 nitrogen and oxygen atoms in total. The molecule has 1 aliphatic heterocycles. The fourth-order valence-corrected chi connectivity index (χ4v) is 5.51. The van der Waals surface area contributed by atoms with E-state index in [1.807, 2.05) is 7.05 Å². The number of esters is 1. The van der Waals surface area contributed by atoms with Crippen LogP contribution in [0.25, 0.3) is 0 Å². The molecule has 38 heavy (non-hydrogen) atoms. The second-order valence-electron chi connectivity index (χ2n) is 8.58. The number of carbonyl (C=O) groups is 2. The Morgan fingerprint density at radius 3 is 2.42 bits per heavy atom. The van der Waals surface area contributed by atoms with Crippen molar-refractivity contribution in [3.05, 3.63) is 44.9 Å². The van der Waals surface area contributed by atoms with E-state index >= 15 is 0 Å². The predicted octanol–water partition coefficient (Wildman–Crippen LogP) is 3.60. The molecule has 1 amide bonds. The van der Waals surface area contributed by atoms with E-state index in [0.29, 0.717) is 35.5 Å². The van der Waals surface area contributed by atoms with Crippen LogP contribution in [0, 0.1) is 0 Å². The van der Waals surface area contributed by atoms with Gasteiger partial charge in [0.15, 0.2) is 0 Å². The summed E-state index contributed by atoms with van der Waals surface area (Å²) in [6, 6.07) is 6.73. The first kappa shape index (κ1) is 28.3. The van der Waals surface area contributed by atoms with Gasteiger partial charge in [-0.05, 0) is 25.0 Å². The Balaban J connectivity index is 1.30. The Hall–Kier alpha value is -2.71. The Kier molecular flexibility index (Phi) is 10.8. The molecule has 1 aromatic carbocycles. The lowest BCUT2D eigenvalue weighted by Gasteiger charge is -2.26. The van der Waals surface area contributed by atoms with Crippen molar-refractivity contribution in [2.45, 2.75) is 38.2 Å². The van der Waals surface area contributed by atoms with Crippen LogP contribution in [0.1, 0.15) is 40.9 Å². The fraction of sp³-hybridized carbons (Fsp3) is 0.500. The molecular weight excluding hydrogens is 550 g/mol. The number of rotatable bonds is 13. The number of aryl methyl sites for hydroxylation is 2. The first-order valence-corrected chi connectivity index (χ1v) is 14.4. The summed E-state index contributed by atoms with van der Waals surface area (Å²) in [4.78, 5) is 28.0. The molecule has 4 rings (SSSR count). The van der Waals surface area contributed by atoms with Gasteiger partial charge in [0.2, 0.25) is 16.4 Å². The summed E-state index contributed by atoms with van der Waals surface area (Å²) >= 11 is 9.00. The second-order valence-corrected chi connectivity index (χ2v) is 11.1. The minimum atomic E-state index is -1.16. The van der Waals surface area contributed by atoms with Crippen molar-refractivity contribution in [2.24, 2.45) is 0 Å². The number of nitrogens with zero attached hydrogens (tertiary/aromatic N) is 5. The minimum Gasteiger partial charge on any atom is -0.447 e. The van der Waals surface area contributed by atoms with Gasteiger partial charge in [0, 0.05) is 50.1 Å². The fourth-order valence-electron chi connectivity index (χ4n) is 3.79. The van der Waals surface area contributed by atoms with Crippen molar-refractivity contribution in [1.82, 2.24) is 25.3 Å². The number of nitrogens with one attached hydrogen (secondary N) is 2. The topological polar surface area (TPSA) is 131 Å². The predicted molar refractivity (Wildman–Crippen MR) is 147 cm³/mol. The molecule has 0 aliphatic carbocycles. The van der Waals surface area contributed by atoms with Crippen molar-refractivity contribution in [3.63, 3.8) is 0 Å². The van der Waals surface area contributed by atoms with E-state index in [4.69, 9.17) is 21.1 Å². The third-order valence-electron chi connectivity index (χ3n) is 5.78. The van der Waals surface area contributed by atoms with E-state index in [2.05, 4.69) is 35.9 Å². The lowest BCUT2D eigenvalue weighted by Crippen LogP contribution is -2.38. The summed E-state index contributed by atoms with van der Waals surface area (Å²) in [5, 5.41) is 25.6. The monoisotopic (exact) mass is 579 g/mol. The van der Waals surface area contributed by atoms with Crippen LogP contribution >= 0.6 is 34.3 Å². The molecule has 1 unspecified atom stereocenters. The first-order valence-electron chi connectivity index (χ1n) is 12.4. The number of halogens is 1. The molecule has 3 heterocycles. The molecule has 1 fully saturated rings. The zero-order valence-corrected chi connectivity index (χ0v) is 23.4. The van der Waals surface area contributed by atoms with Crippen molar-refractivity contribution < 1.29 is 19.1 Å². The SMILES string of the molecule is CNc1nnc(CCCCc2nnc(NC(=O)C(OC(=O)CCN3CCOCC3)c3cccc(Cl)c3)s2)s1. The van der Waals surface area contributed by atoms with Gasteiger partial charge in [0.25, 0.3) is 5.91 Å². The highest BCUT2D eigenvalue weighted by Gasteiger charge is 2.27. The Labute approximate surface area is 233 Å². The van der Waals surface area contributed by atoms with E-state index in [-0.39, 0.29) is 6.42 Å². The number of morpholine rings is 1. The van der Waals surface area contributed by atoms with Crippen LogP contribution in [0.2, 0.25) is 5.02 Å². The maximum Gasteiger partial charge on any atom is 0.308 e. The molecule has 0 saturated carbocycles. The number of ether oxygens (including phenoxy) is 2. The van der Waals surface area contributed by atoms with Crippen molar-refractivity contribution in [3.8, 4) is 0 Å². The highest BCUT2D eigenvalue weighted by atomic mass is 35.5. The van der Waals surface area contributed by atoms with Gasteiger partial charge in [-0.15, -0.1) is 20.4 Å². The van der Waals surface area contributed by atoms with Gasteiger partial charge in [-0.1, -0.05) is 46.4 Å². The third-order valence-corrected chi connectivity index (χ3v) is 7.92. The second kappa shape index (κ2) is 14.4. The molecule has 1 atom stereocenters. The van der Waals surface area contributed by atoms with Crippen molar-refractivity contribution in [1.29, 1.82) is 0 Å². The molecule has 0 bridgehead atoms. The highest BCUT2D eigenvalue weighted by Crippen LogP contribution is 2.25. The van der Waals surface area contributed by atoms with Crippen LogP contribution in [-0.2, 0) is 31.9 Å². The molecule has 0 radical (unpaired) electrons. The Morgan fingerprint density at radius 2 is 1.76 bits per heavy atom. The molecule has 1 saturated heterocycles. The smallest absolute Gasteiger partial charge is 0.308 e. The molecule has 1 aliphatic rings. The minimum absolute atomic E-state index is 0.167. The van der Waals surface area contributed by atoms with Crippen molar-refractivity contribution in [2.75, 3.05) is 50.5 Å². The van der Waals surface area contributed by atoms with E-state index < -0.39 is 18.0 Å². The molecule has 204 valence electrons. The van der Waals surface area contributed by atoms with Gasteiger partial charge in [-0.3, -0.25) is 19.8 Å². The summed E-state index contributed by atoms with van der Waals surface area (Å²) in [5.41, 5.74) is 0.484. The summed E-state index contributed by atoms with van der Waals surface area (Å²) in [7, 11) is 1.82. The summed E-state index contributed by atoms with van der Waals surface area (Å²) in [5.74, 6) is -0.974. The quantitative estimate of drug-likeness (QED) is 0.229. The Morgan fingerprint density at radius 1 is 1.08 bits per heavy atom. The largest absolute Gasteiger partial charge is 0.447 e. The lowest BCUT2D eigenvalue weighted by molar-refractivity contribution is -0.155. The third kappa shape index (κ3) is 8.67. The lowest BCUT2D eigenvalue weighted by atomic mass is 10.1. The zero-order valence-electron chi connectivity index (χ0n) is 21.0.